The van der Waals surface area contributed by atoms with Gasteiger partial charge < -0.3 is 24.7 Å². The van der Waals surface area contributed by atoms with Gasteiger partial charge in [-0.3, -0.25) is 14.6 Å². The van der Waals surface area contributed by atoms with Gasteiger partial charge in [-0.2, -0.15) is 14.4 Å². The minimum atomic E-state index is -0.639. The molecule has 10 nitrogen and oxygen atoms in total. The van der Waals surface area contributed by atoms with Crippen molar-refractivity contribution in [3.05, 3.63) is 101 Å². The minimum Gasteiger partial charge on any atom is -0.439 e. The van der Waals surface area contributed by atoms with Gasteiger partial charge in [-0.05, 0) is 60.9 Å². The van der Waals surface area contributed by atoms with Crippen LogP contribution >= 0.6 is 0 Å². The Kier molecular flexibility index (Phi) is 7.65. The number of halogens is 1. The van der Waals surface area contributed by atoms with Crippen LogP contribution in [0.25, 0.3) is 0 Å². The third-order valence-electron chi connectivity index (χ3n) is 5.92. The number of pyridine rings is 2. The summed E-state index contributed by atoms with van der Waals surface area (Å²) < 4.78 is 26.0. The van der Waals surface area contributed by atoms with E-state index in [4.69, 9.17) is 9.47 Å². The summed E-state index contributed by atoms with van der Waals surface area (Å²) in [6, 6.07) is 14.7. The summed E-state index contributed by atoms with van der Waals surface area (Å²) in [6.07, 6.45) is 6.24. The molecule has 1 amide bonds. The van der Waals surface area contributed by atoms with E-state index in [2.05, 4.69) is 25.6 Å². The molecule has 0 aliphatic carbocycles. The lowest BCUT2D eigenvalue weighted by molar-refractivity contribution is 0.0695. The third-order valence-corrected chi connectivity index (χ3v) is 5.92. The van der Waals surface area contributed by atoms with E-state index in [1.165, 1.54) is 18.3 Å². The lowest BCUT2D eigenvalue weighted by Gasteiger charge is -2.23. The van der Waals surface area contributed by atoms with Crippen LogP contribution in [0.5, 0.6) is 11.6 Å². The zero-order valence-corrected chi connectivity index (χ0v) is 20.3. The maximum absolute atomic E-state index is 13.3. The van der Waals surface area contributed by atoms with Crippen LogP contribution in [0, 0.1) is 5.95 Å². The van der Waals surface area contributed by atoms with Crippen LogP contribution in [0.15, 0.2) is 78.0 Å². The van der Waals surface area contributed by atoms with Crippen molar-refractivity contribution in [2.24, 2.45) is 0 Å². The molecule has 0 bridgehead atoms. The SMILES string of the molecule is O=C(NC1CCOCC1)c1cn(Cc2ccncc2)c(Nc2ccc(Oc3cccc(F)n3)cc2)nc1=O. The Bertz CT molecular complexity index is 1460. The highest BCUT2D eigenvalue weighted by atomic mass is 19.1. The number of amides is 1. The van der Waals surface area contributed by atoms with Gasteiger partial charge in [0.2, 0.25) is 17.8 Å². The molecule has 2 N–H and O–H groups in total. The van der Waals surface area contributed by atoms with Crippen LogP contribution < -0.4 is 20.9 Å². The van der Waals surface area contributed by atoms with E-state index in [0.717, 1.165) is 5.56 Å². The summed E-state index contributed by atoms with van der Waals surface area (Å²) in [5.74, 6) is -0.250. The van der Waals surface area contributed by atoms with Gasteiger partial charge in [-0.15, -0.1) is 0 Å². The smallest absolute Gasteiger partial charge is 0.287 e. The highest BCUT2D eigenvalue weighted by molar-refractivity contribution is 5.93. The first-order valence-electron chi connectivity index (χ1n) is 12.1. The number of ether oxygens (including phenoxy) is 2. The number of benzene rings is 1. The number of carbonyl (C=O) groups is 1. The number of carbonyl (C=O) groups excluding carboxylic acids is 1. The Hall–Kier alpha value is -4.64. The predicted octanol–water partition coefficient (Wildman–Crippen LogP) is 3.67. The zero-order valence-electron chi connectivity index (χ0n) is 20.3. The number of anilines is 2. The molecule has 1 aliphatic rings. The summed E-state index contributed by atoms with van der Waals surface area (Å²) in [5, 5.41) is 6.06. The molecule has 0 radical (unpaired) electrons. The average Bonchev–Trinajstić information content (AvgIpc) is 2.92. The van der Waals surface area contributed by atoms with Crippen molar-refractivity contribution in [2.45, 2.75) is 25.4 Å². The van der Waals surface area contributed by atoms with E-state index in [0.29, 0.717) is 44.0 Å². The average molecular weight is 517 g/mol. The van der Waals surface area contributed by atoms with Crippen molar-refractivity contribution in [1.82, 2.24) is 24.8 Å². The van der Waals surface area contributed by atoms with Crippen molar-refractivity contribution in [2.75, 3.05) is 18.5 Å². The van der Waals surface area contributed by atoms with Gasteiger partial charge in [-0.25, -0.2) is 0 Å². The largest absolute Gasteiger partial charge is 0.439 e. The van der Waals surface area contributed by atoms with Crippen molar-refractivity contribution in [3.63, 3.8) is 0 Å². The van der Waals surface area contributed by atoms with Gasteiger partial charge in [0.1, 0.15) is 11.3 Å². The lowest BCUT2D eigenvalue weighted by Crippen LogP contribution is -2.41. The van der Waals surface area contributed by atoms with E-state index in [-0.39, 0.29) is 23.4 Å². The molecule has 0 spiro atoms. The molecule has 0 atom stereocenters. The molecule has 1 saturated heterocycles. The van der Waals surface area contributed by atoms with Crippen molar-refractivity contribution in [3.8, 4) is 11.6 Å². The standard InChI is InChI=1S/C27H25FN6O4/c28-23-2-1-3-24(32-23)38-21-6-4-19(5-7-21)31-27-33-26(36)22(25(35)30-20-10-14-37-15-11-20)17-34(27)16-18-8-12-29-13-9-18/h1-9,12-13,17,20H,10-11,14-16H2,(H,30,35)(H,31,33,36). The summed E-state index contributed by atoms with van der Waals surface area (Å²) in [7, 11) is 0. The lowest BCUT2D eigenvalue weighted by atomic mass is 10.1. The van der Waals surface area contributed by atoms with Gasteiger partial charge in [0.05, 0.1) is 6.54 Å². The van der Waals surface area contributed by atoms with Crippen LogP contribution in [-0.2, 0) is 11.3 Å². The third kappa shape index (κ3) is 6.37. The van der Waals surface area contributed by atoms with E-state index in [1.54, 1.807) is 47.3 Å². The number of aromatic nitrogens is 4. The molecule has 11 heteroatoms. The van der Waals surface area contributed by atoms with Crippen LogP contribution in [0.2, 0.25) is 0 Å². The fraction of sp³-hybridized carbons (Fsp3) is 0.222. The molecule has 4 heterocycles. The molecule has 38 heavy (non-hydrogen) atoms. The van der Waals surface area contributed by atoms with Gasteiger partial charge >= 0.3 is 0 Å². The Labute approximate surface area is 217 Å². The molecule has 1 aromatic carbocycles. The van der Waals surface area contributed by atoms with E-state index >= 15 is 0 Å². The second-order valence-electron chi connectivity index (χ2n) is 8.68. The molecule has 1 aliphatic heterocycles. The predicted molar refractivity (Wildman–Crippen MR) is 137 cm³/mol. The Balaban J connectivity index is 1.38. The van der Waals surface area contributed by atoms with E-state index in [1.807, 2.05) is 12.1 Å². The first-order chi connectivity index (χ1) is 18.5. The number of hydrogen-bond acceptors (Lipinski definition) is 8. The summed E-state index contributed by atoms with van der Waals surface area (Å²) in [4.78, 5) is 37.7. The zero-order chi connectivity index (χ0) is 26.3. The van der Waals surface area contributed by atoms with Crippen LogP contribution in [0.4, 0.5) is 16.0 Å². The minimum absolute atomic E-state index is 0.0394. The van der Waals surface area contributed by atoms with Gasteiger partial charge in [0.15, 0.2) is 0 Å². The van der Waals surface area contributed by atoms with Crippen molar-refractivity contribution >= 4 is 17.5 Å². The molecule has 4 aromatic rings. The summed E-state index contributed by atoms with van der Waals surface area (Å²) in [5.41, 5.74) is 0.859. The maximum Gasteiger partial charge on any atom is 0.287 e. The Morgan fingerprint density at radius 1 is 1.05 bits per heavy atom. The molecule has 1 fully saturated rings. The highest BCUT2D eigenvalue weighted by Gasteiger charge is 2.21. The summed E-state index contributed by atoms with van der Waals surface area (Å²) in [6.45, 7) is 1.49. The monoisotopic (exact) mass is 516 g/mol. The topological polar surface area (TPSA) is 120 Å². The van der Waals surface area contributed by atoms with Crippen molar-refractivity contribution in [1.29, 1.82) is 0 Å². The van der Waals surface area contributed by atoms with Gasteiger partial charge in [-0.1, -0.05) is 6.07 Å². The fourth-order valence-electron chi connectivity index (χ4n) is 3.96. The number of rotatable bonds is 8. The number of nitrogens with zero attached hydrogens (tertiary/aromatic N) is 4. The number of nitrogens with one attached hydrogen (secondary N) is 2. The molecule has 3 aromatic heterocycles. The molecular weight excluding hydrogens is 491 g/mol. The fourth-order valence-corrected chi connectivity index (χ4v) is 3.96. The normalized spacial score (nSPS) is 13.6. The molecular formula is C27H25FN6O4. The van der Waals surface area contributed by atoms with Crippen LogP contribution in [0.1, 0.15) is 28.8 Å². The van der Waals surface area contributed by atoms with Crippen molar-refractivity contribution < 1.29 is 18.7 Å². The maximum atomic E-state index is 13.3. The van der Waals surface area contributed by atoms with Gasteiger partial charge in [0.25, 0.3) is 11.5 Å². The highest BCUT2D eigenvalue weighted by Crippen LogP contribution is 2.23. The Morgan fingerprint density at radius 3 is 2.55 bits per heavy atom. The van der Waals surface area contributed by atoms with E-state index in [9.17, 15) is 14.0 Å². The molecule has 5 rings (SSSR count). The first-order valence-corrected chi connectivity index (χ1v) is 12.1. The molecule has 0 unspecified atom stereocenters. The number of hydrogen-bond donors (Lipinski definition) is 2. The van der Waals surface area contributed by atoms with Crippen LogP contribution in [-0.4, -0.2) is 44.7 Å². The van der Waals surface area contributed by atoms with Crippen LogP contribution in [0.3, 0.4) is 0 Å². The first kappa shape index (κ1) is 25.0. The van der Waals surface area contributed by atoms with E-state index < -0.39 is 17.4 Å². The molecule has 194 valence electrons. The Morgan fingerprint density at radius 2 is 1.82 bits per heavy atom. The molecule has 0 saturated carbocycles. The second kappa shape index (κ2) is 11.6. The quantitative estimate of drug-likeness (QED) is 0.341. The van der Waals surface area contributed by atoms with Gasteiger partial charge in [0, 0.05) is 49.6 Å². The second-order valence-corrected chi connectivity index (χ2v) is 8.68. The summed E-state index contributed by atoms with van der Waals surface area (Å²) >= 11 is 0.